The van der Waals surface area contributed by atoms with Crippen LogP contribution in [0.1, 0.15) is 22.7 Å². The lowest BCUT2D eigenvalue weighted by Crippen LogP contribution is -2.29. The Hall–Kier alpha value is -4.00. The summed E-state index contributed by atoms with van der Waals surface area (Å²) >= 11 is 0. The Morgan fingerprint density at radius 1 is 1.13 bits per heavy atom. The molecule has 1 fully saturated rings. The Morgan fingerprint density at radius 2 is 1.90 bits per heavy atom. The van der Waals surface area contributed by atoms with Crippen LogP contribution in [-0.2, 0) is 16.1 Å². The second-order valence-corrected chi connectivity index (χ2v) is 7.07. The van der Waals surface area contributed by atoms with Gasteiger partial charge in [-0.3, -0.25) is 14.6 Å². The van der Waals surface area contributed by atoms with E-state index in [0.29, 0.717) is 16.9 Å². The number of halogens is 1. The van der Waals surface area contributed by atoms with E-state index < -0.39 is 23.5 Å². The number of benzene rings is 2. The normalized spacial score (nSPS) is 17.7. The molecule has 2 heterocycles. The monoisotopic (exact) mass is 418 g/mol. The van der Waals surface area contributed by atoms with Gasteiger partial charge in [0, 0.05) is 24.5 Å². The zero-order valence-electron chi connectivity index (χ0n) is 16.7. The molecule has 1 atom stereocenters. The number of carbonyl (C=O) groups is 2. The number of rotatable bonds is 5. The van der Waals surface area contributed by atoms with Crippen molar-refractivity contribution < 1.29 is 23.8 Å². The van der Waals surface area contributed by atoms with Gasteiger partial charge in [0.2, 0.25) is 0 Å². The molecule has 1 aliphatic rings. The molecule has 1 aliphatic heterocycles. The lowest BCUT2D eigenvalue weighted by molar-refractivity contribution is -0.140. The van der Waals surface area contributed by atoms with Gasteiger partial charge in [0.05, 0.1) is 18.7 Å². The van der Waals surface area contributed by atoms with E-state index >= 15 is 0 Å². The first kappa shape index (κ1) is 20.3. The zero-order chi connectivity index (χ0) is 22.0. The first-order chi connectivity index (χ1) is 15.0. The molecular weight excluding hydrogens is 399 g/mol. The highest BCUT2D eigenvalue weighted by Crippen LogP contribution is 2.40. The molecule has 1 unspecified atom stereocenters. The van der Waals surface area contributed by atoms with Gasteiger partial charge >= 0.3 is 0 Å². The molecule has 2 aromatic carbocycles. The van der Waals surface area contributed by atoms with Crippen LogP contribution in [0, 0.1) is 5.82 Å². The average molecular weight is 418 g/mol. The number of carbonyl (C=O) groups excluding carboxylic acids is 2. The van der Waals surface area contributed by atoms with Gasteiger partial charge in [0.1, 0.15) is 17.3 Å². The van der Waals surface area contributed by atoms with Crippen LogP contribution >= 0.6 is 0 Å². The Morgan fingerprint density at radius 3 is 2.58 bits per heavy atom. The minimum Gasteiger partial charge on any atom is -0.507 e. The predicted molar refractivity (Wildman–Crippen MR) is 111 cm³/mol. The SMILES string of the molecule is COc1cccc(/C(O)=C2/C(=O)C(=O)N(Cc3cccnc3)C2c2ccc(F)cc2)c1. The van der Waals surface area contributed by atoms with Crippen LogP contribution in [0.5, 0.6) is 5.75 Å². The summed E-state index contributed by atoms with van der Waals surface area (Å²) < 4.78 is 18.7. The van der Waals surface area contributed by atoms with Crippen LogP contribution in [0.4, 0.5) is 4.39 Å². The molecule has 0 bridgehead atoms. The number of Topliss-reactive ketones (excluding diaryl/α,β-unsaturated/α-hetero) is 1. The summed E-state index contributed by atoms with van der Waals surface area (Å²) in [6.07, 6.45) is 3.21. The van der Waals surface area contributed by atoms with Gasteiger partial charge in [-0.25, -0.2) is 4.39 Å². The maximum atomic E-state index is 13.5. The number of aromatic nitrogens is 1. The molecule has 7 heteroatoms. The molecule has 0 spiro atoms. The van der Waals surface area contributed by atoms with Crippen LogP contribution in [0.25, 0.3) is 5.76 Å². The van der Waals surface area contributed by atoms with Gasteiger partial charge in [-0.2, -0.15) is 0 Å². The number of hydrogen-bond acceptors (Lipinski definition) is 5. The molecule has 1 N–H and O–H groups in total. The molecule has 4 rings (SSSR count). The largest absolute Gasteiger partial charge is 0.507 e. The molecule has 6 nitrogen and oxygen atoms in total. The van der Waals surface area contributed by atoms with Gasteiger partial charge in [-0.15, -0.1) is 0 Å². The van der Waals surface area contributed by atoms with E-state index in [1.165, 1.54) is 36.3 Å². The Kier molecular flexibility index (Phi) is 5.49. The molecular formula is C24H19FN2O4. The van der Waals surface area contributed by atoms with Crippen molar-refractivity contribution in [3.8, 4) is 5.75 Å². The van der Waals surface area contributed by atoms with E-state index in [1.54, 1.807) is 48.8 Å². The second-order valence-electron chi connectivity index (χ2n) is 7.07. The number of hydrogen-bond donors (Lipinski definition) is 1. The van der Waals surface area contributed by atoms with Crippen LogP contribution in [-0.4, -0.2) is 33.8 Å². The minimum absolute atomic E-state index is 0.0613. The number of aliphatic hydroxyl groups excluding tert-OH is 1. The highest BCUT2D eigenvalue weighted by Gasteiger charge is 2.46. The van der Waals surface area contributed by atoms with Crippen molar-refractivity contribution in [3.05, 3.63) is 101 Å². The Bertz CT molecular complexity index is 1160. The Balaban J connectivity index is 1.86. The molecule has 0 saturated carbocycles. The molecule has 1 aromatic heterocycles. The summed E-state index contributed by atoms with van der Waals surface area (Å²) in [7, 11) is 1.49. The lowest BCUT2D eigenvalue weighted by Gasteiger charge is -2.25. The highest BCUT2D eigenvalue weighted by molar-refractivity contribution is 6.46. The van der Waals surface area contributed by atoms with Crippen LogP contribution in [0.3, 0.4) is 0 Å². The van der Waals surface area contributed by atoms with E-state index in [2.05, 4.69) is 4.98 Å². The van der Waals surface area contributed by atoms with Gasteiger partial charge < -0.3 is 14.7 Å². The quantitative estimate of drug-likeness (QED) is 0.387. The smallest absolute Gasteiger partial charge is 0.295 e. The molecule has 31 heavy (non-hydrogen) atoms. The van der Waals surface area contributed by atoms with Crippen LogP contribution < -0.4 is 4.74 Å². The predicted octanol–water partition coefficient (Wildman–Crippen LogP) is 3.85. The third-order valence-electron chi connectivity index (χ3n) is 5.14. The first-order valence-corrected chi connectivity index (χ1v) is 9.57. The summed E-state index contributed by atoms with van der Waals surface area (Å²) in [5.41, 5.74) is 1.51. The number of likely N-dealkylation sites (tertiary alicyclic amines) is 1. The summed E-state index contributed by atoms with van der Waals surface area (Å²) in [5.74, 6) is -1.82. The van der Waals surface area contributed by atoms with Crippen LogP contribution in [0.2, 0.25) is 0 Å². The van der Waals surface area contributed by atoms with Gasteiger partial charge in [0.25, 0.3) is 11.7 Å². The standard InChI is InChI=1S/C24H19FN2O4/c1-31-19-6-2-5-17(12-19)22(28)20-21(16-7-9-18(25)10-8-16)27(24(30)23(20)29)14-15-4-3-11-26-13-15/h2-13,21,28H,14H2,1H3/b22-20-. The van der Waals surface area contributed by atoms with Crippen molar-refractivity contribution in [3.63, 3.8) is 0 Å². The fourth-order valence-electron chi connectivity index (χ4n) is 3.65. The molecule has 0 aliphatic carbocycles. The molecule has 3 aromatic rings. The molecule has 0 radical (unpaired) electrons. The fraction of sp³-hybridized carbons (Fsp3) is 0.125. The third-order valence-corrected chi connectivity index (χ3v) is 5.14. The van der Waals surface area contributed by atoms with E-state index in [1.807, 2.05) is 0 Å². The minimum atomic E-state index is -0.882. The lowest BCUT2D eigenvalue weighted by atomic mass is 9.95. The number of nitrogens with zero attached hydrogens (tertiary/aromatic N) is 2. The summed E-state index contributed by atoms with van der Waals surface area (Å²) in [5, 5.41) is 11.0. The molecule has 1 saturated heterocycles. The van der Waals surface area contributed by atoms with E-state index in [-0.39, 0.29) is 17.9 Å². The van der Waals surface area contributed by atoms with Crippen molar-refractivity contribution in [2.45, 2.75) is 12.6 Å². The Labute approximate surface area is 178 Å². The zero-order valence-corrected chi connectivity index (χ0v) is 16.7. The van der Waals surface area contributed by atoms with Gasteiger partial charge in [-0.05, 0) is 41.5 Å². The van der Waals surface area contributed by atoms with Crippen LogP contribution in [0.15, 0.2) is 78.6 Å². The van der Waals surface area contributed by atoms with E-state index in [0.717, 1.165) is 5.56 Å². The number of amides is 1. The number of pyridine rings is 1. The maximum Gasteiger partial charge on any atom is 0.295 e. The van der Waals surface area contributed by atoms with Crippen molar-refractivity contribution in [2.75, 3.05) is 7.11 Å². The number of ketones is 1. The average Bonchev–Trinajstić information content (AvgIpc) is 3.05. The summed E-state index contributed by atoms with van der Waals surface area (Å²) in [6.45, 7) is 0.106. The summed E-state index contributed by atoms with van der Waals surface area (Å²) in [4.78, 5) is 31.4. The fourth-order valence-corrected chi connectivity index (χ4v) is 3.65. The third kappa shape index (κ3) is 3.90. The van der Waals surface area contributed by atoms with Gasteiger partial charge in [0.15, 0.2) is 0 Å². The van der Waals surface area contributed by atoms with E-state index in [4.69, 9.17) is 4.74 Å². The van der Waals surface area contributed by atoms with Crippen molar-refractivity contribution in [1.82, 2.24) is 9.88 Å². The molecule has 156 valence electrons. The molecule has 1 amide bonds. The van der Waals surface area contributed by atoms with Gasteiger partial charge in [-0.1, -0.05) is 30.3 Å². The first-order valence-electron chi connectivity index (χ1n) is 9.57. The number of methoxy groups -OCH3 is 1. The second kappa shape index (κ2) is 8.39. The number of ether oxygens (including phenoxy) is 1. The maximum absolute atomic E-state index is 13.5. The highest BCUT2D eigenvalue weighted by atomic mass is 19.1. The summed E-state index contributed by atoms with van der Waals surface area (Å²) in [6, 6.07) is 14.7. The topological polar surface area (TPSA) is 79.7 Å². The van der Waals surface area contributed by atoms with E-state index in [9.17, 15) is 19.1 Å². The number of aliphatic hydroxyl groups is 1. The van der Waals surface area contributed by atoms with Crippen molar-refractivity contribution in [1.29, 1.82) is 0 Å². The van der Waals surface area contributed by atoms with Crippen molar-refractivity contribution in [2.24, 2.45) is 0 Å². The van der Waals surface area contributed by atoms with Crippen molar-refractivity contribution >= 4 is 17.4 Å².